The molecule has 1 fully saturated rings. The molecule has 0 radical (unpaired) electrons. The van der Waals surface area contributed by atoms with Crippen LogP contribution < -0.4 is 9.64 Å². The number of anilines is 2. The zero-order chi connectivity index (χ0) is 23.5. The number of rotatable bonds is 6. The molecule has 0 unspecified atom stereocenters. The van der Waals surface area contributed by atoms with Crippen molar-refractivity contribution in [2.24, 2.45) is 5.92 Å². The maximum absolute atomic E-state index is 13.9. The SMILES string of the molecule is CCc1sc(N(C(=O)C2CCCCC2)c2ccc3ccccc3c2)nc1-c1ccc(OC)cc1. The Morgan fingerprint density at radius 1 is 1.00 bits per heavy atom. The number of carbonyl (C=O) groups excluding carboxylic acids is 1. The van der Waals surface area contributed by atoms with E-state index in [1.807, 2.05) is 41.3 Å². The predicted octanol–water partition coefficient (Wildman–Crippen LogP) is 7.78. The summed E-state index contributed by atoms with van der Waals surface area (Å²) in [5.41, 5.74) is 2.89. The quantitative estimate of drug-likeness (QED) is 0.289. The lowest BCUT2D eigenvalue weighted by Crippen LogP contribution is -2.33. The minimum Gasteiger partial charge on any atom is -0.497 e. The molecule has 0 aliphatic heterocycles. The summed E-state index contributed by atoms with van der Waals surface area (Å²) in [6.45, 7) is 2.15. The van der Waals surface area contributed by atoms with E-state index in [1.54, 1.807) is 18.4 Å². The van der Waals surface area contributed by atoms with Crippen LogP contribution in [0.1, 0.15) is 43.9 Å². The largest absolute Gasteiger partial charge is 0.497 e. The number of thiazole rings is 1. The highest BCUT2D eigenvalue weighted by Gasteiger charge is 2.31. The van der Waals surface area contributed by atoms with Gasteiger partial charge in [0.1, 0.15) is 5.75 Å². The van der Waals surface area contributed by atoms with Crippen molar-refractivity contribution in [3.8, 4) is 17.0 Å². The molecule has 34 heavy (non-hydrogen) atoms. The molecule has 1 aromatic heterocycles. The van der Waals surface area contributed by atoms with E-state index in [4.69, 9.17) is 9.72 Å². The molecule has 1 aliphatic carbocycles. The first-order valence-corrected chi connectivity index (χ1v) is 13.0. The second-order valence-corrected chi connectivity index (χ2v) is 9.95. The van der Waals surface area contributed by atoms with Gasteiger partial charge >= 0.3 is 0 Å². The smallest absolute Gasteiger partial charge is 0.236 e. The van der Waals surface area contributed by atoms with E-state index < -0.39 is 0 Å². The third-order valence-electron chi connectivity index (χ3n) is 6.73. The van der Waals surface area contributed by atoms with Crippen molar-refractivity contribution < 1.29 is 9.53 Å². The van der Waals surface area contributed by atoms with Crippen molar-refractivity contribution >= 4 is 38.8 Å². The van der Waals surface area contributed by atoms with Crippen LogP contribution in [0, 0.1) is 5.92 Å². The van der Waals surface area contributed by atoms with Gasteiger partial charge in [-0.25, -0.2) is 4.98 Å². The predicted molar refractivity (Wildman–Crippen MR) is 141 cm³/mol. The lowest BCUT2D eigenvalue weighted by atomic mass is 9.88. The second-order valence-electron chi connectivity index (χ2n) is 8.89. The van der Waals surface area contributed by atoms with Gasteiger partial charge in [-0.05, 0) is 66.4 Å². The Labute approximate surface area is 205 Å². The van der Waals surface area contributed by atoms with Crippen LogP contribution >= 0.6 is 11.3 Å². The minimum atomic E-state index is 0.0543. The summed E-state index contributed by atoms with van der Waals surface area (Å²) in [5.74, 6) is 1.05. The van der Waals surface area contributed by atoms with E-state index in [9.17, 15) is 4.79 Å². The molecule has 3 aromatic carbocycles. The number of methoxy groups -OCH3 is 1. The van der Waals surface area contributed by atoms with E-state index in [0.717, 1.165) is 65.3 Å². The minimum absolute atomic E-state index is 0.0543. The third kappa shape index (κ3) is 4.45. The fourth-order valence-corrected chi connectivity index (χ4v) is 5.88. The molecule has 0 spiro atoms. The monoisotopic (exact) mass is 470 g/mol. The van der Waals surface area contributed by atoms with Crippen molar-refractivity contribution in [2.45, 2.75) is 45.4 Å². The van der Waals surface area contributed by atoms with E-state index in [-0.39, 0.29) is 11.8 Å². The van der Waals surface area contributed by atoms with Gasteiger partial charge in [0.2, 0.25) is 5.91 Å². The molecule has 1 heterocycles. The number of aromatic nitrogens is 1. The molecular weight excluding hydrogens is 440 g/mol. The normalized spacial score (nSPS) is 14.3. The Morgan fingerprint density at radius 2 is 1.74 bits per heavy atom. The van der Waals surface area contributed by atoms with Crippen LogP contribution in [0.4, 0.5) is 10.8 Å². The summed E-state index contributed by atoms with van der Waals surface area (Å²) in [7, 11) is 1.67. The third-order valence-corrected chi connectivity index (χ3v) is 7.91. The number of carbonyl (C=O) groups is 1. The first-order valence-electron chi connectivity index (χ1n) is 12.1. The summed E-state index contributed by atoms with van der Waals surface area (Å²) in [4.78, 5) is 22.1. The molecule has 174 valence electrons. The van der Waals surface area contributed by atoms with Gasteiger partial charge in [0, 0.05) is 16.4 Å². The molecule has 0 atom stereocenters. The number of amides is 1. The fraction of sp³-hybridized carbons (Fsp3) is 0.310. The van der Waals surface area contributed by atoms with Crippen LogP contribution in [-0.2, 0) is 11.2 Å². The first kappa shape index (κ1) is 22.6. The molecular formula is C29H30N2O2S. The Kier molecular flexibility index (Phi) is 6.63. The van der Waals surface area contributed by atoms with E-state index in [1.165, 1.54) is 16.7 Å². The van der Waals surface area contributed by atoms with Crippen molar-refractivity contribution in [3.63, 3.8) is 0 Å². The summed E-state index contributed by atoms with van der Waals surface area (Å²) in [6, 6.07) is 22.6. The number of hydrogen-bond donors (Lipinski definition) is 0. The van der Waals surface area contributed by atoms with Crippen molar-refractivity contribution in [1.29, 1.82) is 0 Å². The second kappa shape index (κ2) is 9.98. The maximum Gasteiger partial charge on any atom is 0.236 e. The number of ether oxygens (including phenoxy) is 1. The molecule has 1 aliphatic rings. The van der Waals surface area contributed by atoms with E-state index in [2.05, 4.69) is 37.3 Å². The topological polar surface area (TPSA) is 42.4 Å². The average molecular weight is 471 g/mol. The van der Waals surface area contributed by atoms with Gasteiger partial charge in [-0.3, -0.25) is 9.69 Å². The lowest BCUT2D eigenvalue weighted by molar-refractivity contribution is -0.122. The summed E-state index contributed by atoms with van der Waals surface area (Å²) < 4.78 is 5.33. The molecule has 4 nitrogen and oxygen atoms in total. The van der Waals surface area contributed by atoms with Crippen LogP contribution in [0.5, 0.6) is 5.75 Å². The van der Waals surface area contributed by atoms with Crippen LogP contribution in [0.25, 0.3) is 22.0 Å². The molecule has 0 saturated heterocycles. The van der Waals surface area contributed by atoms with Gasteiger partial charge in [0.25, 0.3) is 0 Å². The molecule has 0 bridgehead atoms. The van der Waals surface area contributed by atoms with E-state index in [0.29, 0.717) is 0 Å². The van der Waals surface area contributed by atoms with Crippen LogP contribution in [0.3, 0.4) is 0 Å². The Balaban J connectivity index is 1.60. The molecule has 1 amide bonds. The van der Waals surface area contributed by atoms with Gasteiger partial charge < -0.3 is 4.74 Å². The van der Waals surface area contributed by atoms with Crippen LogP contribution in [-0.4, -0.2) is 18.0 Å². The number of nitrogens with zero attached hydrogens (tertiary/aromatic N) is 2. The molecule has 4 aromatic rings. The zero-order valence-electron chi connectivity index (χ0n) is 19.8. The molecule has 1 saturated carbocycles. The number of fused-ring (bicyclic) bond motifs is 1. The molecule has 0 N–H and O–H groups in total. The highest BCUT2D eigenvalue weighted by atomic mass is 32.1. The van der Waals surface area contributed by atoms with Crippen molar-refractivity contribution in [2.75, 3.05) is 12.0 Å². The highest BCUT2D eigenvalue weighted by Crippen LogP contribution is 2.40. The lowest BCUT2D eigenvalue weighted by Gasteiger charge is -2.28. The summed E-state index contributed by atoms with van der Waals surface area (Å²) in [6.07, 6.45) is 6.25. The number of hydrogen-bond acceptors (Lipinski definition) is 4. The van der Waals surface area contributed by atoms with Gasteiger partial charge in [-0.2, -0.15) is 0 Å². The fourth-order valence-electron chi connectivity index (χ4n) is 4.83. The number of aryl methyl sites for hydroxylation is 1. The van der Waals surface area contributed by atoms with E-state index >= 15 is 0 Å². The van der Waals surface area contributed by atoms with Gasteiger partial charge in [-0.15, -0.1) is 11.3 Å². The highest BCUT2D eigenvalue weighted by molar-refractivity contribution is 7.16. The Hall–Kier alpha value is -3.18. The van der Waals surface area contributed by atoms with Gasteiger partial charge in [-0.1, -0.05) is 56.5 Å². The van der Waals surface area contributed by atoms with Crippen LogP contribution in [0.15, 0.2) is 66.7 Å². The number of benzene rings is 3. The van der Waals surface area contributed by atoms with Gasteiger partial charge in [0.15, 0.2) is 5.13 Å². The average Bonchev–Trinajstić information content (AvgIpc) is 3.33. The standard InChI is InChI=1S/C29H30N2O2S/c1-3-26-27(21-14-17-25(33-2)18-15-21)30-29(34-26)31(28(32)22-10-5-4-6-11-22)24-16-13-20-9-7-8-12-23(20)19-24/h7-9,12-19,22H,3-6,10-11H2,1-2H3. The van der Waals surface area contributed by atoms with Crippen LogP contribution in [0.2, 0.25) is 0 Å². The summed E-state index contributed by atoms with van der Waals surface area (Å²) >= 11 is 1.63. The molecule has 5 heteroatoms. The summed E-state index contributed by atoms with van der Waals surface area (Å²) in [5, 5.41) is 3.06. The molecule has 5 rings (SSSR count). The first-order chi connectivity index (χ1) is 16.7. The zero-order valence-corrected chi connectivity index (χ0v) is 20.6. The Morgan fingerprint density at radius 3 is 2.44 bits per heavy atom. The van der Waals surface area contributed by atoms with Crippen molar-refractivity contribution in [3.05, 3.63) is 71.6 Å². The Bertz CT molecular complexity index is 1290. The van der Waals surface area contributed by atoms with Gasteiger partial charge in [0.05, 0.1) is 18.5 Å². The maximum atomic E-state index is 13.9. The van der Waals surface area contributed by atoms with Crippen molar-refractivity contribution in [1.82, 2.24) is 4.98 Å².